The van der Waals surface area contributed by atoms with Gasteiger partial charge in [0.1, 0.15) is 5.75 Å². The van der Waals surface area contributed by atoms with Gasteiger partial charge in [-0.25, -0.2) is 4.79 Å². The van der Waals surface area contributed by atoms with Crippen LogP contribution in [0.3, 0.4) is 0 Å². The summed E-state index contributed by atoms with van der Waals surface area (Å²) in [6.45, 7) is 11.2. The van der Waals surface area contributed by atoms with Crippen molar-refractivity contribution in [2.24, 2.45) is 0 Å². The van der Waals surface area contributed by atoms with E-state index in [9.17, 15) is 4.79 Å². The molecular weight excluding hydrogens is 374 g/mol. The van der Waals surface area contributed by atoms with E-state index >= 15 is 0 Å². The molecule has 0 radical (unpaired) electrons. The molecule has 0 saturated carbocycles. The molecule has 0 aliphatic rings. The topological polar surface area (TPSA) is 59.4 Å². The molecule has 0 atom stereocenters. The molecule has 3 rings (SSSR count). The third-order valence-electron chi connectivity index (χ3n) is 4.92. The molecule has 154 valence electrons. The first kappa shape index (κ1) is 21.3. The molecule has 0 unspecified atom stereocenters. The number of fused-ring (bicyclic) bond motifs is 3. The molecule has 0 amide bonds. The molecule has 0 fully saturated rings. The SMILES string of the molecule is C=C(C)C(=N)Oc1ccc2c(ccc3cc(CCCCOC(=O)C(=C)C)ccc32)c1. The fraction of sp³-hybridized carbons (Fsp3) is 0.231. The van der Waals surface area contributed by atoms with E-state index in [2.05, 4.69) is 43.5 Å². The number of hydrogen-bond acceptors (Lipinski definition) is 4. The van der Waals surface area contributed by atoms with E-state index in [0.29, 0.717) is 23.5 Å². The predicted octanol–water partition coefficient (Wildman–Crippen LogP) is 6.37. The third kappa shape index (κ3) is 5.15. The van der Waals surface area contributed by atoms with Crippen LogP contribution in [0, 0.1) is 5.41 Å². The second kappa shape index (κ2) is 9.40. The molecule has 0 aliphatic heterocycles. The highest BCUT2D eigenvalue weighted by atomic mass is 16.5. The van der Waals surface area contributed by atoms with Gasteiger partial charge in [0.15, 0.2) is 0 Å². The molecule has 3 aromatic carbocycles. The Morgan fingerprint density at radius 3 is 2.23 bits per heavy atom. The van der Waals surface area contributed by atoms with Crippen molar-refractivity contribution in [1.82, 2.24) is 0 Å². The summed E-state index contributed by atoms with van der Waals surface area (Å²) in [7, 11) is 0. The Balaban J connectivity index is 1.68. The zero-order valence-electron chi connectivity index (χ0n) is 17.6. The lowest BCUT2D eigenvalue weighted by Crippen LogP contribution is -2.06. The number of carbonyl (C=O) groups excluding carboxylic acids is 1. The summed E-state index contributed by atoms with van der Waals surface area (Å²) in [5.74, 6) is 0.394. The molecule has 0 heterocycles. The van der Waals surface area contributed by atoms with Crippen LogP contribution in [0.5, 0.6) is 5.75 Å². The minimum atomic E-state index is -0.322. The van der Waals surface area contributed by atoms with Crippen LogP contribution in [0.1, 0.15) is 32.3 Å². The third-order valence-corrected chi connectivity index (χ3v) is 4.92. The average Bonchev–Trinajstić information content (AvgIpc) is 2.72. The van der Waals surface area contributed by atoms with E-state index in [0.717, 1.165) is 30.0 Å². The Labute approximate surface area is 177 Å². The largest absolute Gasteiger partial charge is 0.462 e. The maximum absolute atomic E-state index is 11.4. The fourth-order valence-corrected chi connectivity index (χ4v) is 3.24. The van der Waals surface area contributed by atoms with Crippen LogP contribution < -0.4 is 4.74 Å². The smallest absolute Gasteiger partial charge is 0.333 e. The maximum Gasteiger partial charge on any atom is 0.333 e. The highest BCUT2D eigenvalue weighted by Crippen LogP contribution is 2.29. The quantitative estimate of drug-likeness (QED) is 0.119. The van der Waals surface area contributed by atoms with Crippen molar-refractivity contribution >= 4 is 33.4 Å². The van der Waals surface area contributed by atoms with Crippen molar-refractivity contribution in [2.45, 2.75) is 33.1 Å². The lowest BCUT2D eigenvalue weighted by atomic mass is 9.98. The molecule has 4 heteroatoms. The van der Waals surface area contributed by atoms with Gasteiger partial charge in [0.2, 0.25) is 5.90 Å². The van der Waals surface area contributed by atoms with Gasteiger partial charge in [-0.3, -0.25) is 5.41 Å². The van der Waals surface area contributed by atoms with Crippen LogP contribution in [0.2, 0.25) is 0 Å². The Kier molecular flexibility index (Phi) is 6.68. The van der Waals surface area contributed by atoms with Gasteiger partial charge in [-0.2, -0.15) is 0 Å². The van der Waals surface area contributed by atoms with Crippen molar-refractivity contribution < 1.29 is 14.3 Å². The lowest BCUT2D eigenvalue weighted by molar-refractivity contribution is -0.139. The van der Waals surface area contributed by atoms with E-state index in [4.69, 9.17) is 14.9 Å². The Bertz CT molecular complexity index is 1140. The number of ether oxygens (including phenoxy) is 2. The number of benzene rings is 3. The summed E-state index contributed by atoms with van der Waals surface area (Å²) >= 11 is 0. The molecule has 3 aromatic rings. The van der Waals surface area contributed by atoms with Crippen LogP contribution in [0.15, 0.2) is 72.8 Å². The Hall–Kier alpha value is -3.40. The van der Waals surface area contributed by atoms with Gasteiger partial charge in [-0.15, -0.1) is 0 Å². The number of hydrogen-bond donors (Lipinski definition) is 1. The monoisotopic (exact) mass is 401 g/mol. The first-order valence-electron chi connectivity index (χ1n) is 10.1. The van der Waals surface area contributed by atoms with Gasteiger partial charge in [-0.1, -0.05) is 49.6 Å². The first-order valence-corrected chi connectivity index (χ1v) is 10.1. The summed E-state index contributed by atoms with van der Waals surface area (Å²) in [6, 6.07) is 16.6. The highest BCUT2D eigenvalue weighted by Gasteiger charge is 2.07. The highest BCUT2D eigenvalue weighted by molar-refractivity contribution is 6.08. The van der Waals surface area contributed by atoms with E-state index < -0.39 is 0 Å². The summed E-state index contributed by atoms with van der Waals surface area (Å²) < 4.78 is 10.7. The number of unbranched alkanes of at least 4 members (excludes halogenated alkanes) is 1. The average molecular weight is 402 g/mol. The second-order valence-electron chi connectivity index (χ2n) is 7.59. The maximum atomic E-state index is 11.4. The molecule has 1 N–H and O–H groups in total. The minimum Gasteiger partial charge on any atom is -0.462 e. The number of carbonyl (C=O) groups is 1. The lowest BCUT2D eigenvalue weighted by Gasteiger charge is -2.10. The first-order chi connectivity index (χ1) is 14.3. The minimum absolute atomic E-state index is 0.0779. The van der Waals surface area contributed by atoms with Crippen molar-refractivity contribution in [1.29, 1.82) is 5.41 Å². The molecule has 0 aliphatic carbocycles. The molecule has 0 spiro atoms. The van der Waals surface area contributed by atoms with Gasteiger partial charge in [0.05, 0.1) is 6.61 Å². The van der Waals surface area contributed by atoms with E-state index in [1.807, 2.05) is 18.2 Å². The Morgan fingerprint density at radius 2 is 1.57 bits per heavy atom. The van der Waals surface area contributed by atoms with Gasteiger partial charge in [0, 0.05) is 11.1 Å². The summed E-state index contributed by atoms with van der Waals surface area (Å²) in [6.07, 6.45) is 2.73. The van der Waals surface area contributed by atoms with Crippen LogP contribution in [0.25, 0.3) is 21.5 Å². The second-order valence-corrected chi connectivity index (χ2v) is 7.59. The Morgan fingerprint density at radius 1 is 0.900 bits per heavy atom. The van der Waals surface area contributed by atoms with Gasteiger partial charge >= 0.3 is 5.97 Å². The standard InChI is InChI=1S/C26H27NO3/c1-17(2)25(27)30-22-11-13-24-21(16-22)10-9-20-15-19(8-12-23(20)24)7-5-6-14-29-26(28)18(3)4/h8-13,15-16,27H,1,3,5-7,14H2,2,4H3. The summed E-state index contributed by atoms with van der Waals surface area (Å²) in [5, 5.41) is 12.4. The molecule has 30 heavy (non-hydrogen) atoms. The van der Waals surface area contributed by atoms with Gasteiger partial charge in [0.25, 0.3) is 0 Å². The van der Waals surface area contributed by atoms with Crippen LogP contribution in [-0.2, 0) is 16.0 Å². The van der Waals surface area contributed by atoms with E-state index in [1.54, 1.807) is 13.8 Å². The van der Waals surface area contributed by atoms with Gasteiger partial charge < -0.3 is 9.47 Å². The van der Waals surface area contributed by atoms with Crippen molar-refractivity contribution in [3.05, 3.63) is 78.4 Å². The fourth-order valence-electron chi connectivity index (χ4n) is 3.24. The van der Waals surface area contributed by atoms with Crippen LogP contribution in [-0.4, -0.2) is 18.5 Å². The number of esters is 1. The van der Waals surface area contributed by atoms with Crippen molar-refractivity contribution in [2.75, 3.05) is 6.61 Å². The summed E-state index contributed by atoms with van der Waals surface area (Å²) in [5.41, 5.74) is 2.29. The molecule has 0 bridgehead atoms. The van der Waals surface area contributed by atoms with Crippen molar-refractivity contribution in [3.63, 3.8) is 0 Å². The van der Waals surface area contributed by atoms with Crippen LogP contribution >= 0.6 is 0 Å². The van der Waals surface area contributed by atoms with Crippen LogP contribution in [0.4, 0.5) is 0 Å². The molecule has 0 saturated heterocycles. The van der Waals surface area contributed by atoms with E-state index in [-0.39, 0.29) is 11.9 Å². The zero-order chi connectivity index (χ0) is 21.7. The number of nitrogens with one attached hydrogen (secondary N) is 1. The van der Waals surface area contributed by atoms with Crippen molar-refractivity contribution in [3.8, 4) is 5.75 Å². The molecule has 4 nitrogen and oxygen atoms in total. The van der Waals surface area contributed by atoms with Gasteiger partial charge in [-0.05, 0) is 72.4 Å². The summed E-state index contributed by atoms with van der Waals surface area (Å²) in [4.78, 5) is 11.4. The number of aryl methyl sites for hydroxylation is 1. The molecule has 0 aromatic heterocycles. The predicted molar refractivity (Wildman–Crippen MR) is 123 cm³/mol. The van der Waals surface area contributed by atoms with E-state index in [1.165, 1.54) is 16.3 Å². The molecular formula is C26H27NO3. The zero-order valence-corrected chi connectivity index (χ0v) is 17.6. The number of rotatable bonds is 8. The normalized spacial score (nSPS) is 10.7.